The Kier molecular flexibility index (Phi) is 9.13. The topological polar surface area (TPSA) is 57.2 Å². The van der Waals surface area contributed by atoms with Crippen LogP contribution in [0.15, 0.2) is 35.5 Å². The fourth-order valence-electron chi connectivity index (χ4n) is 3.15. The summed E-state index contributed by atoms with van der Waals surface area (Å²) >= 11 is 0. The van der Waals surface area contributed by atoms with E-state index >= 15 is 0 Å². The lowest BCUT2D eigenvalue weighted by molar-refractivity contribution is -0.164. The predicted octanol–water partition coefficient (Wildman–Crippen LogP) is 4.13. The first-order valence-corrected chi connectivity index (χ1v) is 9.86. The van der Waals surface area contributed by atoms with Crippen molar-refractivity contribution in [3.8, 4) is 11.8 Å². The summed E-state index contributed by atoms with van der Waals surface area (Å²) in [6.07, 6.45) is 1.87. The summed E-state index contributed by atoms with van der Waals surface area (Å²) in [6, 6.07) is 0. The van der Waals surface area contributed by atoms with E-state index in [0.717, 1.165) is 16.7 Å². The van der Waals surface area contributed by atoms with Gasteiger partial charge < -0.3 is 24.1 Å². The molecule has 1 rings (SSSR count). The van der Waals surface area contributed by atoms with Gasteiger partial charge in [0.05, 0.1) is 6.10 Å². The molecule has 1 N–H and O–H groups in total. The smallest absolute Gasteiger partial charge is 0.174 e. The molecule has 28 heavy (non-hydrogen) atoms. The monoisotopic (exact) mass is 392 g/mol. The summed E-state index contributed by atoms with van der Waals surface area (Å²) in [4.78, 5) is 0. The molecule has 0 aliphatic heterocycles. The molecule has 0 bridgehead atoms. The maximum absolute atomic E-state index is 10.3. The molecule has 0 amide bonds. The minimum atomic E-state index is -1.01. The van der Waals surface area contributed by atoms with Crippen LogP contribution < -0.4 is 0 Å². The van der Waals surface area contributed by atoms with Crippen LogP contribution >= 0.6 is 0 Å². The van der Waals surface area contributed by atoms with E-state index in [4.69, 9.17) is 18.9 Å². The Morgan fingerprint density at radius 2 is 1.79 bits per heavy atom. The van der Waals surface area contributed by atoms with Crippen LogP contribution in [0.25, 0.3) is 0 Å². The van der Waals surface area contributed by atoms with Gasteiger partial charge in [-0.25, -0.2) is 0 Å². The van der Waals surface area contributed by atoms with Gasteiger partial charge in [-0.15, -0.1) is 0 Å². The van der Waals surface area contributed by atoms with Crippen molar-refractivity contribution in [2.75, 3.05) is 13.2 Å². The average Bonchev–Trinajstić information content (AvgIpc) is 2.63. The second kappa shape index (κ2) is 10.4. The summed E-state index contributed by atoms with van der Waals surface area (Å²) in [5.41, 5.74) is 0.535. The Hall–Kier alpha value is -1.42. The first-order chi connectivity index (χ1) is 13.0. The number of hydrogen-bond donors (Lipinski definition) is 1. The maximum Gasteiger partial charge on any atom is 0.174 e. The van der Waals surface area contributed by atoms with Crippen LogP contribution in [0.2, 0.25) is 0 Å². The average molecular weight is 393 g/mol. The zero-order valence-corrected chi connectivity index (χ0v) is 18.6. The molecule has 0 aromatic rings. The van der Waals surface area contributed by atoms with E-state index in [1.807, 2.05) is 55.4 Å². The molecule has 5 unspecified atom stereocenters. The van der Waals surface area contributed by atoms with Gasteiger partial charge in [-0.3, -0.25) is 0 Å². The molecule has 0 heterocycles. The molecule has 5 nitrogen and oxygen atoms in total. The molecule has 1 aliphatic rings. The van der Waals surface area contributed by atoms with Crippen molar-refractivity contribution in [1.29, 1.82) is 0 Å². The molecular formula is C23H36O5. The number of rotatable bonds is 9. The fourth-order valence-corrected chi connectivity index (χ4v) is 3.15. The molecule has 0 saturated heterocycles. The van der Waals surface area contributed by atoms with E-state index in [1.165, 1.54) is 0 Å². The van der Waals surface area contributed by atoms with Crippen molar-refractivity contribution in [3.63, 3.8) is 0 Å². The van der Waals surface area contributed by atoms with Crippen molar-refractivity contribution in [2.24, 2.45) is 0 Å². The molecule has 158 valence electrons. The summed E-state index contributed by atoms with van der Waals surface area (Å²) < 4.78 is 23.3. The Bertz CT molecular complexity index is 668. The van der Waals surface area contributed by atoms with Gasteiger partial charge in [0.1, 0.15) is 5.60 Å². The van der Waals surface area contributed by atoms with Crippen molar-refractivity contribution < 1.29 is 24.1 Å². The maximum atomic E-state index is 10.3. The zero-order valence-electron chi connectivity index (χ0n) is 18.6. The Morgan fingerprint density at radius 1 is 1.21 bits per heavy atom. The molecule has 5 heteroatoms. The summed E-state index contributed by atoms with van der Waals surface area (Å²) in [7, 11) is 0. The highest BCUT2D eigenvalue weighted by atomic mass is 16.7. The van der Waals surface area contributed by atoms with Gasteiger partial charge in [-0.1, -0.05) is 18.4 Å². The Labute approximate surface area is 170 Å². The number of aliphatic hydroxyl groups excluding tert-OH is 1. The van der Waals surface area contributed by atoms with Crippen molar-refractivity contribution in [1.82, 2.24) is 0 Å². The molecule has 0 aromatic carbocycles. The predicted molar refractivity (Wildman–Crippen MR) is 112 cm³/mol. The van der Waals surface area contributed by atoms with E-state index in [1.54, 1.807) is 12.2 Å². The normalized spacial score (nSPS) is 26.6. The lowest BCUT2D eigenvalue weighted by atomic mass is 9.78. The number of ether oxygens (including phenoxy) is 4. The van der Waals surface area contributed by atoms with E-state index in [-0.39, 0.29) is 0 Å². The molecular weight excluding hydrogens is 356 g/mol. The van der Waals surface area contributed by atoms with Crippen LogP contribution in [0, 0.1) is 11.8 Å². The largest absolute Gasteiger partial charge is 0.385 e. The van der Waals surface area contributed by atoms with Crippen LogP contribution in [0.3, 0.4) is 0 Å². The van der Waals surface area contributed by atoms with Crippen molar-refractivity contribution in [3.05, 3.63) is 35.5 Å². The van der Waals surface area contributed by atoms with Gasteiger partial charge in [-0.2, -0.15) is 0 Å². The third kappa shape index (κ3) is 5.79. The van der Waals surface area contributed by atoms with Crippen LogP contribution in [-0.2, 0) is 18.9 Å². The molecule has 1 aliphatic carbocycles. The highest BCUT2D eigenvalue weighted by molar-refractivity contribution is 5.51. The molecule has 0 saturated carbocycles. The van der Waals surface area contributed by atoms with E-state index in [2.05, 4.69) is 18.4 Å². The van der Waals surface area contributed by atoms with Crippen LogP contribution in [0.4, 0.5) is 0 Å². The van der Waals surface area contributed by atoms with Crippen molar-refractivity contribution >= 4 is 0 Å². The Morgan fingerprint density at radius 3 is 2.32 bits per heavy atom. The SMILES string of the molecule is C=CC(C)(C#CC1(OC(C)OCC)C(C)=CC(O)C(C)=C1C)OC(C)OCC. The second-order valence-corrected chi connectivity index (χ2v) is 7.13. The fraction of sp³-hybridized carbons (Fsp3) is 0.652. The van der Waals surface area contributed by atoms with Gasteiger partial charge in [-0.05, 0) is 84.3 Å². The van der Waals surface area contributed by atoms with E-state index in [0.29, 0.717) is 13.2 Å². The minimum Gasteiger partial charge on any atom is -0.385 e. The van der Waals surface area contributed by atoms with E-state index < -0.39 is 29.9 Å². The standard InChI is InChI=1S/C23H36O5/c1-10-22(9,27-19(7)25-11-2)13-14-23(28-20(8)26-12-3)16(4)15-21(24)17(5)18(23)6/h10,15,19-21,24H,1,11-12H2,2-9H3. The van der Waals surface area contributed by atoms with Crippen molar-refractivity contribution in [2.45, 2.75) is 85.3 Å². The van der Waals surface area contributed by atoms with Crippen LogP contribution in [0.5, 0.6) is 0 Å². The summed E-state index contributed by atoms with van der Waals surface area (Å²) in [5.74, 6) is 6.45. The summed E-state index contributed by atoms with van der Waals surface area (Å²) in [5, 5.41) is 10.3. The number of aliphatic hydroxyl groups is 1. The van der Waals surface area contributed by atoms with Crippen LogP contribution in [0.1, 0.15) is 55.4 Å². The van der Waals surface area contributed by atoms with Crippen LogP contribution in [-0.4, -0.2) is 48.2 Å². The highest BCUT2D eigenvalue weighted by Crippen LogP contribution is 2.38. The molecule has 0 radical (unpaired) electrons. The summed E-state index contributed by atoms with van der Waals surface area (Å²) in [6.45, 7) is 20.0. The molecule has 0 fully saturated rings. The second-order valence-electron chi connectivity index (χ2n) is 7.13. The first-order valence-electron chi connectivity index (χ1n) is 9.86. The van der Waals surface area contributed by atoms with E-state index in [9.17, 15) is 5.11 Å². The number of hydrogen-bond acceptors (Lipinski definition) is 5. The lowest BCUT2D eigenvalue weighted by Gasteiger charge is -2.39. The van der Waals surface area contributed by atoms with Gasteiger partial charge in [0.2, 0.25) is 0 Å². The van der Waals surface area contributed by atoms with Gasteiger partial charge in [0.25, 0.3) is 0 Å². The van der Waals surface area contributed by atoms with Gasteiger partial charge in [0, 0.05) is 13.2 Å². The highest BCUT2D eigenvalue weighted by Gasteiger charge is 2.41. The zero-order chi connectivity index (χ0) is 21.5. The minimum absolute atomic E-state index is 0.426. The van der Waals surface area contributed by atoms with Gasteiger partial charge in [0.15, 0.2) is 18.2 Å². The quantitative estimate of drug-likeness (QED) is 0.363. The lowest BCUT2D eigenvalue weighted by Crippen LogP contribution is -2.43. The molecule has 5 atom stereocenters. The Balaban J connectivity index is 3.41. The molecule has 0 aromatic heterocycles. The van der Waals surface area contributed by atoms with Gasteiger partial charge >= 0.3 is 0 Å². The third-order valence-corrected chi connectivity index (χ3v) is 4.96. The molecule has 0 spiro atoms. The third-order valence-electron chi connectivity index (χ3n) is 4.96. The first kappa shape index (κ1) is 24.6.